The van der Waals surface area contributed by atoms with Crippen molar-refractivity contribution in [3.63, 3.8) is 0 Å². The Kier molecular flexibility index (Phi) is 3.89. The third-order valence-corrected chi connectivity index (χ3v) is 5.83. The average Bonchev–Trinajstić information content (AvgIpc) is 3.22. The van der Waals surface area contributed by atoms with Crippen molar-refractivity contribution < 1.29 is 0 Å². The molecule has 26 heavy (non-hydrogen) atoms. The largest absolute Gasteiger partial charge is 0.356 e. The highest BCUT2D eigenvalue weighted by Gasteiger charge is 2.29. The molecule has 1 unspecified atom stereocenters. The Hall–Kier alpha value is -2.40. The predicted molar refractivity (Wildman–Crippen MR) is 104 cm³/mol. The number of nitrogens with zero attached hydrogens (tertiary/aromatic N) is 4. The van der Waals surface area contributed by atoms with E-state index in [1.54, 1.807) is 0 Å². The summed E-state index contributed by atoms with van der Waals surface area (Å²) >= 11 is 0. The van der Waals surface area contributed by atoms with Crippen LogP contribution in [0, 0.1) is 6.92 Å². The van der Waals surface area contributed by atoms with Crippen molar-refractivity contribution in [1.29, 1.82) is 0 Å². The van der Waals surface area contributed by atoms with Crippen molar-refractivity contribution in [3.05, 3.63) is 58.9 Å². The molecule has 1 atom stereocenters. The van der Waals surface area contributed by atoms with Crippen LogP contribution in [0.4, 0.5) is 5.82 Å². The lowest BCUT2D eigenvalue weighted by atomic mass is 9.99. The summed E-state index contributed by atoms with van der Waals surface area (Å²) in [5, 5.41) is 8.21. The van der Waals surface area contributed by atoms with E-state index in [0.29, 0.717) is 5.92 Å². The Morgan fingerprint density at radius 1 is 1.12 bits per heavy atom. The number of hydrogen-bond acceptors (Lipinski definition) is 4. The lowest BCUT2D eigenvalue weighted by molar-refractivity contribution is 0.708. The summed E-state index contributed by atoms with van der Waals surface area (Å²) in [5.74, 6) is 1.87. The van der Waals surface area contributed by atoms with Crippen LogP contribution >= 0.6 is 0 Å². The van der Waals surface area contributed by atoms with Crippen molar-refractivity contribution in [1.82, 2.24) is 19.9 Å². The minimum absolute atomic E-state index is 0.593. The fourth-order valence-electron chi connectivity index (χ4n) is 4.45. The molecule has 1 N–H and O–H groups in total. The summed E-state index contributed by atoms with van der Waals surface area (Å²) in [4.78, 5) is 7.52. The van der Waals surface area contributed by atoms with Crippen LogP contribution in [0.1, 0.15) is 34.7 Å². The summed E-state index contributed by atoms with van der Waals surface area (Å²) in [6, 6.07) is 10.9. The number of anilines is 1. The zero-order chi connectivity index (χ0) is 17.5. The molecule has 5 heteroatoms. The van der Waals surface area contributed by atoms with Crippen LogP contribution in [-0.2, 0) is 12.8 Å². The molecule has 2 aliphatic rings. The van der Waals surface area contributed by atoms with Gasteiger partial charge in [0.1, 0.15) is 5.82 Å². The van der Waals surface area contributed by atoms with Crippen LogP contribution < -0.4 is 10.2 Å². The summed E-state index contributed by atoms with van der Waals surface area (Å²) in [7, 11) is 0. The lowest BCUT2D eigenvalue weighted by Crippen LogP contribution is -2.25. The Bertz CT molecular complexity index is 930. The zero-order valence-corrected chi connectivity index (χ0v) is 15.3. The number of aromatic nitrogens is 3. The molecule has 0 radical (unpaired) electrons. The summed E-state index contributed by atoms with van der Waals surface area (Å²) in [6.07, 6.45) is 5.17. The van der Waals surface area contributed by atoms with Crippen molar-refractivity contribution >= 4 is 11.5 Å². The molecule has 134 valence electrons. The summed E-state index contributed by atoms with van der Waals surface area (Å²) in [5.41, 5.74) is 6.27. The lowest BCUT2D eigenvalue weighted by Gasteiger charge is -2.24. The van der Waals surface area contributed by atoms with Gasteiger partial charge in [0.2, 0.25) is 0 Å². The first-order valence-corrected chi connectivity index (χ1v) is 9.68. The average molecular weight is 347 g/mol. The van der Waals surface area contributed by atoms with Crippen molar-refractivity contribution in [2.45, 2.75) is 32.1 Å². The Morgan fingerprint density at radius 2 is 1.96 bits per heavy atom. The number of fused-ring (bicyclic) bond motifs is 2. The third kappa shape index (κ3) is 2.58. The van der Waals surface area contributed by atoms with E-state index in [2.05, 4.69) is 52.0 Å². The Labute approximate surface area is 154 Å². The van der Waals surface area contributed by atoms with E-state index in [0.717, 1.165) is 50.2 Å². The van der Waals surface area contributed by atoms with Gasteiger partial charge in [0.25, 0.3) is 0 Å². The molecule has 3 aromatic rings. The van der Waals surface area contributed by atoms with Gasteiger partial charge in [-0.25, -0.2) is 4.98 Å². The number of nitrogens with one attached hydrogen (secondary N) is 1. The smallest absolute Gasteiger partial charge is 0.160 e. The highest BCUT2D eigenvalue weighted by atomic mass is 15.4. The normalized spacial score (nSPS) is 20.3. The fourth-order valence-corrected chi connectivity index (χ4v) is 4.45. The molecule has 0 saturated carbocycles. The van der Waals surface area contributed by atoms with Gasteiger partial charge in [0.05, 0.1) is 11.9 Å². The number of benzene rings is 1. The second-order valence-corrected chi connectivity index (χ2v) is 7.52. The highest BCUT2D eigenvalue weighted by molar-refractivity contribution is 5.61. The Balaban J connectivity index is 1.59. The molecule has 2 aromatic heterocycles. The van der Waals surface area contributed by atoms with Crippen molar-refractivity contribution in [2.75, 3.05) is 31.1 Å². The predicted octanol–water partition coefficient (Wildman–Crippen LogP) is 2.72. The summed E-state index contributed by atoms with van der Waals surface area (Å²) in [6.45, 7) is 6.27. The highest BCUT2D eigenvalue weighted by Crippen LogP contribution is 2.34. The molecule has 0 amide bonds. The first-order chi connectivity index (χ1) is 12.8. The van der Waals surface area contributed by atoms with E-state index in [1.807, 2.05) is 6.20 Å². The molecular weight excluding hydrogens is 322 g/mol. The first-order valence-electron chi connectivity index (χ1n) is 9.68. The van der Waals surface area contributed by atoms with E-state index < -0.39 is 0 Å². The van der Waals surface area contributed by atoms with Gasteiger partial charge in [0, 0.05) is 43.1 Å². The van der Waals surface area contributed by atoms with Gasteiger partial charge in [-0.1, -0.05) is 30.3 Å². The molecular formula is C21H25N5. The standard InChI is InChI=1S/C21H25N5/c1-15-13-23-26-20(15)24-19-8-11-22-10-7-18(19)21(26)25-12-9-17(14-25)16-5-3-2-4-6-16/h2-6,13,17,22H,7-12,14H2,1H3. The maximum atomic E-state index is 4.98. The first kappa shape index (κ1) is 15.8. The fraction of sp³-hybridized carbons (Fsp3) is 0.429. The summed E-state index contributed by atoms with van der Waals surface area (Å²) < 4.78 is 2.09. The van der Waals surface area contributed by atoms with Crippen LogP contribution in [0.25, 0.3) is 5.65 Å². The van der Waals surface area contributed by atoms with Crippen molar-refractivity contribution in [2.24, 2.45) is 0 Å². The zero-order valence-electron chi connectivity index (χ0n) is 15.3. The van der Waals surface area contributed by atoms with Gasteiger partial charge in [-0.2, -0.15) is 9.61 Å². The van der Waals surface area contributed by atoms with E-state index in [1.165, 1.54) is 29.1 Å². The topological polar surface area (TPSA) is 45.5 Å². The van der Waals surface area contributed by atoms with Gasteiger partial charge >= 0.3 is 0 Å². The molecule has 5 rings (SSSR count). The Morgan fingerprint density at radius 3 is 2.85 bits per heavy atom. The quantitative estimate of drug-likeness (QED) is 0.774. The minimum atomic E-state index is 0.593. The van der Waals surface area contributed by atoms with E-state index in [9.17, 15) is 0 Å². The molecule has 0 aliphatic carbocycles. The molecule has 0 spiro atoms. The van der Waals surface area contributed by atoms with Crippen molar-refractivity contribution in [3.8, 4) is 0 Å². The van der Waals surface area contributed by atoms with E-state index >= 15 is 0 Å². The molecule has 1 aromatic carbocycles. The molecule has 1 saturated heterocycles. The maximum Gasteiger partial charge on any atom is 0.160 e. The van der Waals surface area contributed by atoms with Crippen LogP contribution in [-0.4, -0.2) is 40.8 Å². The monoisotopic (exact) mass is 347 g/mol. The van der Waals surface area contributed by atoms with Gasteiger partial charge in [-0.3, -0.25) is 0 Å². The van der Waals surface area contributed by atoms with Gasteiger partial charge in [0.15, 0.2) is 5.65 Å². The van der Waals surface area contributed by atoms with Crippen LogP contribution in [0.2, 0.25) is 0 Å². The molecule has 4 heterocycles. The molecule has 5 nitrogen and oxygen atoms in total. The number of aryl methyl sites for hydroxylation is 1. The van der Waals surface area contributed by atoms with E-state index in [-0.39, 0.29) is 0 Å². The second-order valence-electron chi connectivity index (χ2n) is 7.52. The van der Waals surface area contributed by atoms with Gasteiger partial charge < -0.3 is 10.2 Å². The van der Waals surface area contributed by atoms with Crippen LogP contribution in [0.15, 0.2) is 36.5 Å². The molecule has 2 aliphatic heterocycles. The minimum Gasteiger partial charge on any atom is -0.356 e. The van der Waals surface area contributed by atoms with Gasteiger partial charge in [-0.15, -0.1) is 0 Å². The third-order valence-electron chi connectivity index (χ3n) is 5.83. The maximum absolute atomic E-state index is 4.98. The number of rotatable bonds is 2. The number of hydrogen-bond donors (Lipinski definition) is 1. The SMILES string of the molecule is Cc1cnn2c(N3CCC(c4ccccc4)C3)c3c(nc12)CCNCC3. The van der Waals surface area contributed by atoms with Crippen LogP contribution in [0.3, 0.4) is 0 Å². The molecule has 1 fully saturated rings. The molecule has 0 bridgehead atoms. The van der Waals surface area contributed by atoms with Crippen LogP contribution in [0.5, 0.6) is 0 Å². The second kappa shape index (κ2) is 6.40. The van der Waals surface area contributed by atoms with E-state index in [4.69, 9.17) is 10.1 Å². The van der Waals surface area contributed by atoms with Gasteiger partial charge in [-0.05, 0) is 31.9 Å².